The zero-order valence-electron chi connectivity index (χ0n) is 15.1. The standard InChI is InChI=1S/C20H15ClFN3O4/c21-14-6-12(2-3-15(14)22)19-23-20(29-24-19)13-7-18(26)25(9-13)8-11-1-4-16-17(5-11)28-10-27-16/h1-6,13H,7-10H2. The van der Waals surface area contributed by atoms with Crippen LogP contribution in [0.25, 0.3) is 11.4 Å². The molecule has 148 valence electrons. The summed E-state index contributed by atoms with van der Waals surface area (Å²) in [6.07, 6.45) is 0.288. The number of benzene rings is 2. The maximum Gasteiger partial charge on any atom is 0.232 e. The second-order valence-corrected chi connectivity index (χ2v) is 7.36. The van der Waals surface area contributed by atoms with E-state index >= 15 is 0 Å². The molecule has 7 nitrogen and oxygen atoms in total. The van der Waals surface area contributed by atoms with Crippen molar-refractivity contribution < 1.29 is 23.2 Å². The lowest BCUT2D eigenvalue weighted by Gasteiger charge is -2.16. The number of halogens is 2. The third-order valence-corrected chi connectivity index (χ3v) is 5.28. The Bertz CT molecular complexity index is 1100. The molecule has 2 aromatic carbocycles. The summed E-state index contributed by atoms with van der Waals surface area (Å²) >= 11 is 5.82. The highest BCUT2D eigenvalue weighted by Crippen LogP contribution is 2.34. The highest BCUT2D eigenvalue weighted by atomic mass is 35.5. The molecule has 2 aliphatic rings. The van der Waals surface area contributed by atoms with Crippen molar-refractivity contribution in [1.29, 1.82) is 0 Å². The zero-order valence-corrected chi connectivity index (χ0v) is 15.9. The monoisotopic (exact) mass is 415 g/mol. The van der Waals surface area contributed by atoms with E-state index in [1.165, 1.54) is 18.2 Å². The summed E-state index contributed by atoms with van der Waals surface area (Å²) in [4.78, 5) is 18.6. The van der Waals surface area contributed by atoms with E-state index in [9.17, 15) is 9.18 Å². The molecule has 0 N–H and O–H groups in total. The smallest absolute Gasteiger partial charge is 0.232 e. The molecule has 9 heteroatoms. The Morgan fingerprint density at radius 2 is 2.03 bits per heavy atom. The summed E-state index contributed by atoms with van der Waals surface area (Å²) in [5.74, 6) is 1.38. The summed E-state index contributed by atoms with van der Waals surface area (Å²) in [5, 5.41) is 3.93. The van der Waals surface area contributed by atoms with Crippen LogP contribution in [0.4, 0.5) is 4.39 Å². The zero-order chi connectivity index (χ0) is 20.0. The van der Waals surface area contributed by atoms with E-state index in [1.54, 1.807) is 4.90 Å². The van der Waals surface area contributed by atoms with E-state index < -0.39 is 5.82 Å². The Hall–Kier alpha value is -3.13. The molecule has 1 unspecified atom stereocenters. The molecular weight excluding hydrogens is 401 g/mol. The molecule has 1 saturated heterocycles. The fraction of sp³-hybridized carbons (Fsp3) is 0.250. The van der Waals surface area contributed by atoms with Crippen LogP contribution in [0.2, 0.25) is 5.02 Å². The summed E-state index contributed by atoms with van der Waals surface area (Å²) in [6, 6.07) is 9.86. The number of nitrogens with zero attached hydrogens (tertiary/aromatic N) is 3. The predicted molar refractivity (Wildman–Crippen MR) is 100 cm³/mol. The Kier molecular flexibility index (Phi) is 4.35. The summed E-state index contributed by atoms with van der Waals surface area (Å²) < 4.78 is 29.4. The van der Waals surface area contributed by atoms with Crippen LogP contribution in [0.3, 0.4) is 0 Å². The van der Waals surface area contributed by atoms with Crippen molar-refractivity contribution in [2.45, 2.75) is 18.9 Å². The number of likely N-dealkylation sites (tertiary alicyclic amines) is 1. The number of fused-ring (bicyclic) bond motifs is 1. The maximum absolute atomic E-state index is 13.3. The molecule has 0 spiro atoms. The number of hydrogen-bond donors (Lipinski definition) is 0. The van der Waals surface area contributed by atoms with E-state index in [0.29, 0.717) is 41.9 Å². The Morgan fingerprint density at radius 3 is 2.90 bits per heavy atom. The van der Waals surface area contributed by atoms with Crippen molar-refractivity contribution in [3.63, 3.8) is 0 Å². The number of hydrogen-bond acceptors (Lipinski definition) is 6. The van der Waals surface area contributed by atoms with Gasteiger partial charge in [0.15, 0.2) is 11.5 Å². The summed E-state index contributed by atoms with van der Waals surface area (Å²) in [5.41, 5.74) is 1.50. The van der Waals surface area contributed by atoms with Gasteiger partial charge in [-0.1, -0.05) is 22.8 Å². The van der Waals surface area contributed by atoms with Gasteiger partial charge in [-0.3, -0.25) is 4.79 Å². The second-order valence-electron chi connectivity index (χ2n) is 6.95. The van der Waals surface area contributed by atoms with E-state index in [1.807, 2.05) is 18.2 Å². The Balaban J connectivity index is 1.30. The van der Waals surface area contributed by atoms with Gasteiger partial charge in [0.25, 0.3) is 0 Å². The number of carbonyl (C=O) groups is 1. The third-order valence-electron chi connectivity index (χ3n) is 4.99. The van der Waals surface area contributed by atoms with Crippen molar-refractivity contribution in [1.82, 2.24) is 15.0 Å². The lowest BCUT2D eigenvalue weighted by molar-refractivity contribution is -0.128. The second kappa shape index (κ2) is 7.04. The van der Waals surface area contributed by atoms with Crippen molar-refractivity contribution in [2.75, 3.05) is 13.3 Å². The first-order valence-electron chi connectivity index (χ1n) is 9.02. The first-order valence-corrected chi connectivity index (χ1v) is 9.40. The van der Waals surface area contributed by atoms with Crippen LogP contribution < -0.4 is 9.47 Å². The van der Waals surface area contributed by atoms with Gasteiger partial charge in [0, 0.05) is 25.1 Å². The highest BCUT2D eigenvalue weighted by Gasteiger charge is 2.34. The van der Waals surface area contributed by atoms with Gasteiger partial charge in [0.1, 0.15) is 5.82 Å². The van der Waals surface area contributed by atoms with Gasteiger partial charge < -0.3 is 18.9 Å². The first-order chi connectivity index (χ1) is 14.1. The van der Waals surface area contributed by atoms with Crippen molar-refractivity contribution in [2.24, 2.45) is 0 Å². The molecule has 1 aromatic heterocycles. The lowest BCUT2D eigenvalue weighted by atomic mass is 10.1. The minimum Gasteiger partial charge on any atom is -0.454 e. The molecule has 0 bridgehead atoms. The average Bonchev–Trinajstić information content (AvgIpc) is 3.44. The van der Waals surface area contributed by atoms with Crippen molar-refractivity contribution in [3.05, 3.63) is 58.7 Å². The molecule has 2 aliphatic heterocycles. The van der Waals surface area contributed by atoms with Crippen LogP contribution in [0.15, 0.2) is 40.9 Å². The van der Waals surface area contributed by atoms with Crippen LogP contribution >= 0.6 is 11.6 Å². The number of ether oxygens (including phenoxy) is 2. The van der Waals surface area contributed by atoms with Crippen molar-refractivity contribution >= 4 is 17.5 Å². The minimum atomic E-state index is -0.514. The maximum atomic E-state index is 13.3. The van der Waals surface area contributed by atoms with Gasteiger partial charge >= 0.3 is 0 Å². The van der Waals surface area contributed by atoms with E-state index in [0.717, 1.165) is 5.56 Å². The summed E-state index contributed by atoms with van der Waals surface area (Å²) in [7, 11) is 0. The topological polar surface area (TPSA) is 77.7 Å². The van der Waals surface area contributed by atoms with Crippen LogP contribution in [-0.4, -0.2) is 34.3 Å². The predicted octanol–water partition coefficient (Wildman–Crippen LogP) is 3.77. The molecule has 0 saturated carbocycles. The fourth-order valence-electron chi connectivity index (χ4n) is 3.50. The molecule has 0 radical (unpaired) electrons. The lowest BCUT2D eigenvalue weighted by Crippen LogP contribution is -2.24. The number of aromatic nitrogens is 2. The number of amides is 1. The molecule has 3 heterocycles. The molecule has 1 atom stereocenters. The molecule has 29 heavy (non-hydrogen) atoms. The van der Waals surface area contributed by atoms with Gasteiger partial charge in [0.2, 0.25) is 24.4 Å². The van der Waals surface area contributed by atoms with E-state index in [-0.39, 0.29) is 30.1 Å². The Labute approximate surface area is 170 Å². The van der Waals surface area contributed by atoms with Crippen LogP contribution in [0, 0.1) is 5.82 Å². The fourth-order valence-corrected chi connectivity index (χ4v) is 3.68. The van der Waals surface area contributed by atoms with Crippen LogP contribution in [0.1, 0.15) is 23.8 Å². The van der Waals surface area contributed by atoms with E-state index in [4.69, 9.17) is 25.6 Å². The molecule has 1 fully saturated rings. The first kappa shape index (κ1) is 17.9. The highest BCUT2D eigenvalue weighted by molar-refractivity contribution is 6.31. The molecule has 3 aromatic rings. The van der Waals surface area contributed by atoms with Crippen molar-refractivity contribution in [3.8, 4) is 22.9 Å². The molecule has 1 amide bonds. The number of carbonyl (C=O) groups excluding carboxylic acids is 1. The van der Waals surface area contributed by atoms with E-state index in [2.05, 4.69) is 10.1 Å². The number of rotatable bonds is 4. The van der Waals surface area contributed by atoms with Crippen LogP contribution in [0.5, 0.6) is 11.5 Å². The molecule has 0 aliphatic carbocycles. The normalized spacial score (nSPS) is 17.9. The molecular formula is C20H15ClFN3O4. The largest absolute Gasteiger partial charge is 0.454 e. The van der Waals surface area contributed by atoms with Gasteiger partial charge in [-0.15, -0.1) is 0 Å². The summed E-state index contributed by atoms with van der Waals surface area (Å²) in [6.45, 7) is 1.14. The van der Waals surface area contributed by atoms with Gasteiger partial charge in [-0.2, -0.15) is 4.98 Å². The van der Waals surface area contributed by atoms with Gasteiger partial charge in [-0.05, 0) is 35.9 Å². The quantitative estimate of drug-likeness (QED) is 0.645. The average molecular weight is 416 g/mol. The van der Waals surface area contributed by atoms with Gasteiger partial charge in [-0.25, -0.2) is 4.39 Å². The minimum absolute atomic E-state index is 0.0113. The molecule has 5 rings (SSSR count). The third kappa shape index (κ3) is 3.40. The van der Waals surface area contributed by atoms with Crippen LogP contribution in [-0.2, 0) is 11.3 Å². The SMILES string of the molecule is O=C1CC(c2nc(-c3ccc(F)c(Cl)c3)no2)CN1Cc1ccc2c(c1)OCO2. The van der Waals surface area contributed by atoms with Gasteiger partial charge in [0.05, 0.1) is 10.9 Å². The Morgan fingerprint density at radius 1 is 1.17 bits per heavy atom.